The predicted molar refractivity (Wildman–Crippen MR) is 74.8 cm³/mol. The molecule has 0 aliphatic rings. The van der Waals surface area contributed by atoms with Gasteiger partial charge in [0.05, 0.1) is 5.01 Å². The number of aryl methyl sites for hydroxylation is 1. The Morgan fingerprint density at radius 3 is 2.24 bits per heavy atom. The quantitative estimate of drug-likeness (QED) is 0.675. The molecule has 0 saturated carbocycles. The average Bonchev–Trinajstić information content (AvgIpc) is 3.09. The normalized spacial score (nSPS) is 10.4. The van der Waals surface area contributed by atoms with E-state index in [1.54, 1.807) is 11.3 Å². The van der Waals surface area contributed by atoms with E-state index in [1.165, 1.54) is 41.7 Å². The molecule has 17 heavy (non-hydrogen) atoms. The first kappa shape index (κ1) is 12.1. The molecule has 2 bridgehead atoms. The maximum atomic E-state index is 4.21. The van der Waals surface area contributed by atoms with Crippen molar-refractivity contribution in [2.45, 2.75) is 32.6 Å². The van der Waals surface area contributed by atoms with Crippen LogP contribution in [-0.2, 0) is 6.42 Å². The van der Waals surface area contributed by atoms with Gasteiger partial charge in [0, 0.05) is 22.6 Å². The summed E-state index contributed by atoms with van der Waals surface area (Å²) in [6.45, 7) is 2.22. The van der Waals surface area contributed by atoms with E-state index in [1.807, 2.05) is 11.6 Å². The van der Waals surface area contributed by atoms with Gasteiger partial charge in [-0.3, -0.25) is 0 Å². The summed E-state index contributed by atoms with van der Waals surface area (Å²) < 4.78 is 0. The topological polar surface area (TPSA) is 28.7 Å². The third kappa shape index (κ3) is 3.86. The van der Waals surface area contributed by atoms with Gasteiger partial charge in [0.15, 0.2) is 0 Å². The lowest BCUT2D eigenvalue weighted by atomic mass is 10.2. The summed E-state index contributed by atoms with van der Waals surface area (Å²) >= 11 is 1.76. The zero-order valence-electron chi connectivity index (χ0n) is 10.1. The monoisotopic (exact) mass is 246 g/mol. The van der Waals surface area contributed by atoms with Crippen LogP contribution < -0.4 is 0 Å². The predicted octanol–water partition coefficient (Wildman–Crippen LogP) is 4.48. The molecule has 0 aromatic carbocycles. The van der Waals surface area contributed by atoms with Crippen molar-refractivity contribution in [2.24, 2.45) is 0 Å². The molecule has 90 valence electrons. The number of aromatic amines is 1. The van der Waals surface area contributed by atoms with Gasteiger partial charge in [-0.2, -0.15) is 0 Å². The maximum Gasteiger partial charge on any atom is 0.0924 e. The van der Waals surface area contributed by atoms with Crippen molar-refractivity contribution in [3.8, 4) is 0 Å². The van der Waals surface area contributed by atoms with Gasteiger partial charge >= 0.3 is 0 Å². The van der Waals surface area contributed by atoms with Crippen molar-refractivity contribution in [3.05, 3.63) is 40.8 Å². The largest absolute Gasteiger partial charge is 0.356 e. The molecule has 0 spiro atoms. The minimum Gasteiger partial charge on any atom is -0.356 e. The van der Waals surface area contributed by atoms with Gasteiger partial charge in [-0.1, -0.05) is 19.8 Å². The standard InChI is InChI=1S/C8H13NS.C6H5N/c1-2-3-4-5-8-9-6-7-10-8;1-2-6-4-3-5(1)7-6/h6-7H,2-5H2,1H3;1-4,7H. The number of nitrogens with zero attached hydrogens (tertiary/aromatic N) is 1. The van der Waals surface area contributed by atoms with E-state index >= 15 is 0 Å². The van der Waals surface area contributed by atoms with Crippen LogP contribution in [0.4, 0.5) is 0 Å². The first-order valence-corrected chi connectivity index (χ1v) is 7.02. The van der Waals surface area contributed by atoms with E-state index in [0.29, 0.717) is 0 Å². The zero-order valence-corrected chi connectivity index (χ0v) is 11.0. The van der Waals surface area contributed by atoms with E-state index in [-0.39, 0.29) is 0 Å². The van der Waals surface area contributed by atoms with Gasteiger partial charge in [-0.25, -0.2) is 4.98 Å². The molecule has 0 aliphatic heterocycles. The first-order chi connectivity index (χ1) is 8.38. The second kappa shape index (κ2) is 6.40. The third-order valence-electron chi connectivity index (χ3n) is 2.65. The summed E-state index contributed by atoms with van der Waals surface area (Å²) in [5, 5.41) is 3.33. The van der Waals surface area contributed by atoms with E-state index in [2.05, 4.69) is 41.2 Å². The van der Waals surface area contributed by atoms with Crippen molar-refractivity contribution in [1.82, 2.24) is 9.97 Å². The van der Waals surface area contributed by atoms with Gasteiger partial charge in [-0.05, 0) is 37.1 Å². The number of aromatic nitrogens is 2. The van der Waals surface area contributed by atoms with Crippen LogP contribution in [0.25, 0.3) is 11.0 Å². The van der Waals surface area contributed by atoms with Crippen LogP contribution in [0.3, 0.4) is 0 Å². The SMILES string of the molecule is CCCCCc1nccs1.c1cc2ccc1[nH]2. The number of fused-ring (bicyclic) bond motifs is 2. The summed E-state index contributed by atoms with van der Waals surface area (Å²) in [6.07, 6.45) is 6.98. The van der Waals surface area contributed by atoms with Gasteiger partial charge in [0.25, 0.3) is 0 Å². The van der Waals surface area contributed by atoms with E-state index in [0.717, 1.165) is 0 Å². The van der Waals surface area contributed by atoms with Crippen LogP contribution in [0.5, 0.6) is 0 Å². The number of rotatable bonds is 4. The molecule has 3 heterocycles. The molecule has 3 heteroatoms. The van der Waals surface area contributed by atoms with Crippen LogP contribution in [0.15, 0.2) is 35.8 Å². The minimum absolute atomic E-state index is 1.17. The molecule has 0 unspecified atom stereocenters. The molecule has 1 N–H and O–H groups in total. The van der Waals surface area contributed by atoms with Crippen molar-refractivity contribution in [2.75, 3.05) is 0 Å². The molecule has 0 amide bonds. The number of H-pyrrole nitrogens is 1. The van der Waals surface area contributed by atoms with Gasteiger partial charge < -0.3 is 4.98 Å². The summed E-state index contributed by atoms with van der Waals surface area (Å²) in [5.74, 6) is 0. The Morgan fingerprint density at radius 2 is 1.82 bits per heavy atom. The van der Waals surface area contributed by atoms with Gasteiger partial charge in [0.1, 0.15) is 0 Å². The van der Waals surface area contributed by atoms with Crippen LogP contribution in [0.1, 0.15) is 31.2 Å². The summed E-state index contributed by atoms with van der Waals surface area (Å²) in [4.78, 5) is 7.35. The second-order valence-corrected chi connectivity index (χ2v) is 5.06. The minimum atomic E-state index is 1.17. The van der Waals surface area contributed by atoms with Crippen molar-refractivity contribution >= 4 is 22.4 Å². The number of hydrogen-bond donors (Lipinski definition) is 1. The fourth-order valence-electron chi connectivity index (χ4n) is 1.71. The molecular weight excluding hydrogens is 228 g/mol. The van der Waals surface area contributed by atoms with Gasteiger partial charge in [0.2, 0.25) is 0 Å². The number of thiazole rings is 1. The molecule has 0 aliphatic carbocycles. The fraction of sp³-hybridized carbons (Fsp3) is 0.357. The zero-order chi connectivity index (χ0) is 11.9. The van der Waals surface area contributed by atoms with E-state index < -0.39 is 0 Å². The Morgan fingerprint density at radius 1 is 1.12 bits per heavy atom. The van der Waals surface area contributed by atoms with Crippen molar-refractivity contribution in [1.29, 1.82) is 0 Å². The van der Waals surface area contributed by atoms with Crippen molar-refractivity contribution in [3.63, 3.8) is 0 Å². The lowest BCUT2D eigenvalue weighted by Crippen LogP contribution is -1.81. The molecule has 0 atom stereocenters. The highest BCUT2D eigenvalue weighted by Gasteiger charge is 1.92. The fourth-order valence-corrected chi connectivity index (χ4v) is 2.37. The molecule has 0 fully saturated rings. The molecule has 0 saturated heterocycles. The molecule has 2 nitrogen and oxygen atoms in total. The number of unbranched alkanes of at least 4 members (excludes halogenated alkanes) is 2. The first-order valence-electron chi connectivity index (χ1n) is 6.14. The molecule has 3 rings (SSSR count). The van der Waals surface area contributed by atoms with Gasteiger partial charge in [-0.15, -0.1) is 11.3 Å². The Hall–Kier alpha value is -1.35. The van der Waals surface area contributed by atoms with E-state index in [9.17, 15) is 0 Å². The Bertz CT molecular complexity index is 453. The van der Waals surface area contributed by atoms with Crippen molar-refractivity contribution < 1.29 is 0 Å². The lowest BCUT2D eigenvalue weighted by Gasteiger charge is -1.92. The highest BCUT2D eigenvalue weighted by atomic mass is 32.1. The molecule has 0 radical (unpaired) electrons. The smallest absolute Gasteiger partial charge is 0.0924 e. The van der Waals surface area contributed by atoms with Crippen LogP contribution in [-0.4, -0.2) is 9.97 Å². The highest BCUT2D eigenvalue weighted by molar-refractivity contribution is 7.09. The molecular formula is C14H18N2S. The number of benzene rings is 1. The third-order valence-corrected chi connectivity index (χ3v) is 3.49. The molecule has 3 aromatic heterocycles. The average molecular weight is 246 g/mol. The Balaban J connectivity index is 0.000000134. The Labute approximate surface area is 106 Å². The summed E-state index contributed by atoms with van der Waals surface area (Å²) in [5.41, 5.74) is 2.44. The maximum absolute atomic E-state index is 4.21. The van der Waals surface area contributed by atoms with Crippen LogP contribution in [0.2, 0.25) is 0 Å². The van der Waals surface area contributed by atoms with Crippen LogP contribution in [0, 0.1) is 0 Å². The lowest BCUT2D eigenvalue weighted by molar-refractivity contribution is 0.715. The highest BCUT2D eigenvalue weighted by Crippen LogP contribution is 2.09. The number of hydrogen-bond acceptors (Lipinski definition) is 2. The number of nitrogens with one attached hydrogen (secondary N) is 1. The molecule has 3 aromatic rings. The second-order valence-electron chi connectivity index (χ2n) is 4.09. The Kier molecular flexibility index (Phi) is 4.56. The van der Waals surface area contributed by atoms with E-state index in [4.69, 9.17) is 0 Å². The van der Waals surface area contributed by atoms with Crippen LogP contribution >= 0.6 is 11.3 Å². The summed E-state index contributed by atoms with van der Waals surface area (Å²) in [6, 6.07) is 8.26. The summed E-state index contributed by atoms with van der Waals surface area (Å²) in [7, 11) is 0.